The van der Waals surface area contributed by atoms with E-state index >= 15 is 0 Å². The van der Waals surface area contributed by atoms with Gasteiger partial charge in [-0.3, -0.25) is 4.79 Å². The van der Waals surface area contributed by atoms with Gasteiger partial charge in [-0.05, 0) is 54.3 Å². The minimum absolute atomic E-state index is 0.173. The minimum Gasteiger partial charge on any atom is -0.447 e. The summed E-state index contributed by atoms with van der Waals surface area (Å²) >= 11 is 0. The maximum Gasteiger partial charge on any atom is 0.410 e. The highest BCUT2D eigenvalue weighted by Crippen LogP contribution is 2.41. The Morgan fingerprint density at radius 1 is 1.16 bits per heavy atom. The molecule has 1 aliphatic heterocycles. The molecule has 2 aliphatic rings. The number of likely N-dealkylation sites (tertiary alicyclic amines) is 1. The summed E-state index contributed by atoms with van der Waals surface area (Å²) in [5.74, 6) is -0.0876. The van der Waals surface area contributed by atoms with Crippen molar-refractivity contribution in [2.24, 2.45) is 5.41 Å². The van der Waals surface area contributed by atoms with E-state index in [1.165, 1.54) is 12.1 Å². The summed E-state index contributed by atoms with van der Waals surface area (Å²) in [5, 5.41) is 1.79. The van der Waals surface area contributed by atoms with Crippen LogP contribution < -0.4 is 0 Å². The predicted octanol–water partition coefficient (Wildman–Crippen LogP) is 3.49. The Hall–Kier alpha value is -2.43. The summed E-state index contributed by atoms with van der Waals surface area (Å²) in [7, 11) is 0. The Balaban J connectivity index is 1.59. The topological polar surface area (TPSA) is 46.6 Å². The molecule has 25 heavy (non-hydrogen) atoms. The molecular weight excluding hydrogens is 321 g/mol. The number of carbonyl (C=O) groups is 2. The highest BCUT2D eigenvalue weighted by Gasteiger charge is 2.52. The van der Waals surface area contributed by atoms with E-state index in [-0.39, 0.29) is 23.8 Å². The van der Waals surface area contributed by atoms with Crippen molar-refractivity contribution in [3.63, 3.8) is 0 Å². The maximum atomic E-state index is 13.5. The number of carbonyl (C=O) groups excluding carboxylic acids is 2. The quantitative estimate of drug-likeness (QED) is 0.798. The van der Waals surface area contributed by atoms with E-state index < -0.39 is 5.41 Å². The van der Waals surface area contributed by atoms with Crippen molar-refractivity contribution in [2.45, 2.75) is 32.8 Å². The number of Topliss-reactive ketones (excluding diaryl/α,β-unsaturated/α-hetero) is 1. The lowest BCUT2D eigenvalue weighted by molar-refractivity contribution is -0.138. The zero-order valence-electron chi connectivity index (χ0n) is 14.3. The smallest absolute Gasteiger partial charge is 0.410 e. The van der Waals surface area contributed by atoms with Gasteiger partial charge in [-0.1, -0.05) is 18.2 Å². The van der Waals surface area contributed by atoms with Gasteiger partial charge in [0.1, 0.15) is 11.6 Å². The average molecular weight is 341 g/mol. The lowest BCUT2D eigenvalue weighted by atomic mass is 9.65. The summed E-state index contributed by atoms with van der Waals surface area (Å²) in [5.41, 5.74) is 1.58. The second-order valence-corrected chi connectivity index (χ2v) is 7.46. The lowest BCUT2D eigenvalue weighted by Crippen LogP contribution is -2.64. The zero-order chi connectivity index (χ0) is 17.8. The van der Waals surface area contributed by atoms with Crippen LogP contribution in [-0.2, 0) is 22.4 Å². The van der Waals surface area contributed by atoms with Gasteiger partial charge in [0.25, 0.3) is 0 Å². The number of fused-ring (bicyclic) bond motifs is 2. The van der Waals surface area contributed by atoms with Gasteiger partial charge in [0.2, 0.25) is 0 Å². The molecule has 1 amide bonds. The Kier molecular flexibility index (Phi) is 3.56. The third-order valence-electron chi connectivity index (χ3n) is 5.17. The zero-order valence-corrected chi connectivity index (χ0v) is 14.3. The van der Waals surface area contributed by atoms with Gasteiger partial charge in [-0.15, -0.1) is 0 Å². The number of benzene rings is 2. The van der Waals surface area contributed by atoms with Crippen LogP contribution in [0.1, 0.15) is 25.0 Å². The summed E-state index contributed by atoms with van der Waals surface area (Å²) in [6.07, 6.45) is 0.433. The molecule has 130 valence electrons. The van der Waals surface area contributed by atoms with Crippen LogP contribution >= 0.6 is 0 Å². The van der Waals surface area contributed by atoms with Crippen LogP contribution in [0.4, 0.5) is 9.18 Å². The van der Waals surface area contributed by atoms with E-state index in [0.717, 1.165) is 21.9 Å². The van der Waals surface area contributed by atoms with Gasteiger partial charge in [-0.25, -0.2) is 9.18 Å². The second-order valence-electron chi connectivity index (χ2n) is 7.46. The molecule has 0 N–H and O–H groups in total. The van der Waals surface area contributed by atoms with E-state index in [2.05, 4.69) is 0 Å². The molecule has 0 aromatic heterocycles. The highest BCUT2D eigenvalue weighted by molar-refractivity contribution is 5.94. The van der Waals surface area contributed by atoms with Gasteiger partial charge in [0.05, 0.1) is 11.5 Å². The summed E-state index contributed by atoms with van der Waals surface area (Å²) in [6, 6.07) is 8.67. The molecule has 0 radical (unpaired) electrons. The van der Waals surface area contributed by atoms with Crippen LogP contribution in [0.25, 0.3) is 10.8 Å². The standard InChI is InChI=1S/C20H20FNO3/c1-12(2)25-19(24)22-10-20(11-22)9-16-6-14-7-17(21)4-3-13(14)5-15(16)8-18(20)23/h3-7,12H,8-11H2,1-2H3. The molecule has 0 saturated carbocycles. The number of rotatable bonds is 1. The van der Waals surface area contributed by atoms with Crippen molar-refractivity contribution in [1.82, 2.24) is 4.90 Å². The second kappa shape index (κ2) is 5.55. The predicted molar refractivity (Wildman–Crippen MR) is 91.9 cm³/mol. The van der Waals surface area contributed by atoms with Crippen molar-refractivity contribution >= 4 is 22.6 Å². The van der Waals surface area contributed by atoms with Gasteiger partial charge in [0, 0.05) is 19.5 Å². The Morgan fingerprint density at radius 3 is 2.60 bits per heavy atom. The first kappa shape index (κ1) is 16.1. The van der Waals surface area contributed by atoms with Crippen molar-refractivity contribution in [2.75, 3.05) is 13.1 Å². The first-order valence-corrected chi connectivity index (χ1v) is 8.56. The molecule has 4 nitrogen and oxygen atoms in total. The monoisotopic (exact) mass is 341 g/mol. The molecule has 1 aliphatic carbocycles. The molecule has 1 fully saturated rings. The summed E-state index contributed by atoms with van der Waals surface area (Å²) < 4.78 is 18.7. The SMILES string of the molecule is CC(C)OC(=O)N1CC2(Cc3cc4cc(F)ccc4cc3CC2=O)C1. The van der Waals surface area contributed by atoms with Crippen LogP contribution in [0.5, 0.6) is 0 Å². The van der Waals surface area contributed by atoms with Crippen molar-refractivity contribution < 1.29 is 18.7 Å². The van der Waals surface area contributed by atoms with E-state index in [0.29, 0.717) is 25.9 Å². The number of halogens is 1. The third-order valence-corrected chi connectivity index (χ3v) is 5.17. The summed E-state index contributed by atoms with van der Waals surface area (Å²) in [6.45, 7) is 4.41. The minimum atomic E-state index is -0.510. The third kappa shape index (κ3) is 2.68. The molecule has 2 aromatic carbocycles. The van der Waals surface area contributed by atoms with Crippen LogP contribution in [0.3, 0.4) is 0 Å². The van der Waals surface area contributed by atoms with Crippen molar-refractivity contribution in [3.8, 4) is 0 Å². The fourth-order valence-electron chi connectivity index (χ4n) is 3.89. The van der Waals surface area contributed by atoms with Crippen LogP contribution in [0.15, 0.2) is 30.3 Å². The van der Waals surface area contributed by atoms with Gasteiger partial charge in [-0.2, -0.15) is 0 Å². The van der Waals surface area contributed by atoms with E-state index in [9.17, 15) is 14.0 Å². The normalized spacial score (nSPS) is 18.4. The molecule has 5 heteroatoms. The number of amides is 1. The molecule has 0 atom stereocenters. The van der Waals surface area contributed by atoms with Crippen LogP contribution in [0.2, 0.25) is 0 Å². The number of hydrogen-bond donors (Lipinski definition) is 0. The Bertz CT molecular complexity index is 884. The molecule has 0 unspecified atom stereocenters. The van der Waals surface area contributed by atoms with E-state index in [1.807, 2.05) is 12.1 Å². The number of ketones is 1. The van der Waals surface area contributed by atoms with E-state index in [4.69, 9.17) is 4.74 Å². The van der Waals surface area contributed by atoms with Crippen molar-refractivity contribution in [3.05, 3.63) is 47.3 Å². The highest BCUT2D eigenvalue weighted by atomic mass is 19.1. The molecule has 0 bridgehead atoms. The number of ether oxygens (including phenoxy) is 1. The number of hydrogen-bond acceptors (Lipinski definition) is 3. The maximum absolute atomic E-state index is 13.5. The van der Waals surface area contributed by atoms with Gasteiger partial charge in [0.15, 0.2) is 0 Å². The van der Waals surface area contributed by atoms with Crippen molar-refractivity contribution in [1.29, 1.82) is 0 Å². The Labute approximate surface area is 145 Å². The molecule has 1 spiro atoms. The Morgan fingerprint density at radius 2 is 1.88 bits per heavy atom. The van der Waals surface area contributed by atoms with Crippen LogP contribution in [-0.4, -0.2) is 36.0 Å². The molecule has 4 rings (SSSR count). The van der Waals surface area contributed by atoms with Crippen LogP contribution in [0, 0.1) is 11.2 Å². The fourth-order valence-corrected chi connectivity index (χ4v) is 3.89. The van der Waals surface area contributed by atoms with Gasteiger partial charge < -0.3 is 9.64 Å². The molecule has 1 heterocycles. The fraction of sp³-hybridized carbons (Fsp3) is 0.400. The lowest BCUT2D eigenvalue weighted by Gasteiger charge is -2.50. The largest absolute Gasteiger partial charge is 0.447 e. The molecule has 1 saturated heterocycles. The molecular formula is C20H20FNO3. The van der Waals surface area contributed by atoms with Gasteiger partial charge >= 0.3 is 6.09 Å². The number of nitrogens with zero attached hydrogens (tertiary/aromatic N) is 1. The molecule has 2 aromatic rings. The summed E-state index contributed by atoms with van der Waals surface area (Å²) in [4.78, 5) is 26.3. The average Bonchev–Trinajstić information content (AvgIpc) is 2.49. The van der Waals surface area contributed by atoms with E-state index in [1.54, 1.807) is 24.8 Å². The first-order chi connectivity index (χ1) is 11.9. The first-order valence-electron chi connectivity index (χ1n) is 8.56.